The van der Waals surface area contributed by atoms with Crippen molar-refractivity contribution < 1.29 is 25.5 Å². The molecule has 0 radical (unpaired) electrons. The summed E-state index contributed by atoms with van der Waals surface area (Å²) in [4.78, 5) is 1.49. The zero-order valence-corrected chi connectivity index (χ0v) is 14.6. The molecule has 0 bridgehead atoms. The number of aliphatic hydroxyl groups excluding tert-OH is 5. The summed E-state index contributed by atoms with van der Waals surface area (Å²) < 4.78 is 0. The van der Waals surface area contributed by atoms with Crippen molar-refractivity contribution in [3.63, 3.8) is 0 Å². The van der Waals surface area contributed by atoms with Crippen molar-refractivity contribution in [1.82, 2.24) is 4.90 Å². The van der Waals surface area contributed by atoms with E-state index in [2.05, 4.69) is 24.3 Å². The van der Waals surface area contributed by atoms with E-state index in [1.165, 1.54) is 10.5 Å². The van der Waals surface area contributed by atoms with Gasteiger partial charge in [-0.05, 0) is 24.8 Å². The van der Waals surface area contributed by atoms with Crippen LogP contribution >= 0.6 is 0 Å². The summed E-state index contributed by atoms with van der Waals surface area (Å²) in [5, 5.41) is 49.0. The first-order valence-corrected chi connectivity index (χ1v) is 9.19. The summed E-state index contributed by atoms with van der Waals surface area (Å²) >= 11 is 0. The number of hydrogen-bond donors (Lipinski definition) is 5. The van der Waals surface area contributed by atoms with E-state index in [1.54, 1.807) is 0 Å². The van der Waals surface area contributed by atoms with Gasteiger partial charge in [-0.1, -0.05) is 49.6 Å². The summed E-state index contributed by atoms with van der Waals surface area (Å²) in [6, 6.07) is 9.64. The molecule has 0 spiro atoms. The van der Waals surface area contributed by atoms with Gasteiger partial charge in [0.15, 0.2) is 0 Å². The fourth-order valence-electron chi connectivity index (χ4n) is 3.50. The third-order valence-electron chi connectivity index (χ3n) is 5.08. The van der Waals surface area contributed by atoms with Gasteiger partial charge in [0.05, 0.1) is 12.6 Å². The van der Waals surface area contributed by atoms with Crippen LogP contribution in [0.1, 0.15) is 37.7 Å². The molecule has 0 saturated carbocycles. The van der Waals surface area contributed by atoms with Crippen LogP contribution in [0.3, 0.4) is 0 Å². The molecule has 1 aliphatic rings. The van der Waals surface area contributed by atoms with Crippen molar-refractivity contribution in [3.8, 4) is 0 Å². The van der Waals surface area contributed by atoms with E-state index in [1.807, 2.05) is 6.07 Å². The zero-order chi connectivity index (χ0) is 18.2. The number of piperidine rings is 1. The average Bonchev–Trinajstić information content (AvgIpc) is 2.64. The van der Waals surface area contributed by atoms with E-state index < -0.39 is 30.6 Å². The molecule has 25 heavy (non-hydrogen) atoms. The van der Waals surface area contributed by atoms with Gasteiger partial charge in [-0.3, -0.25) is 4.90 Å². The molecule has 5 atom stereocenters. The predicted octanol–water partition coefficient (Wildman–Crippen LogP) is 0.257. The maximum Gasteiger partial charge on any atom is 0.136 e. The molecule has 1 heterocycles. The molecule has 142 valence electrons. The number of benzene rings is 1. The molecule has 0 aromatic heterocycles. The largest absolute Gasteiger partial charge is 0.395 e. The van der Waals surface area contributed by atoms with Crippen LogP contribution < -0.4 is 0 Å². The standard InChI is InChI=1S/C19H31NO5/c21-13-15-16(22)17(23)18(24)19(25)20(15)12-8-3-1-2-5-9-14-10-6-4-7-11-14/h4,6-7,10-11,15-19,21-25H,1-3,5,8-9,12-13H2/t15-,16-,17+,18-,19?/m1/s1. The van der Waals surface area contributed by atoms with Gasteiger partial charge in [0, 0.05) is 6.54 Å². The Balaban J connectivity index is 1.66. The molecule has 1 aromatic carbocycles. The first kappa shape index (κ1) is 20.3. The molecule has 1 fully saturated rings. The second-order valence-electron chi connectivity index (χ2n) is 6.88. The molecule has 0 amide bonds. The van der Waals surface area contributed by atoms with Gasteiger partial charge in [-0.25, -0.2) is 0 Å². The number of aliphatic hydroxyl groups is 5. The van der Waals surface area contributed by atoms with Crippen molar-refractivity contribution in [2.75, 3.05) is 13.2 Å². The van der Waals surface area contributed by atoms with Crippen molar-refractivity contribution >= 4 is 0 Å². The van der Waals surface area contributed by atoms with Crippen LogP contribution in [-0.2, 0) is 6.42 Å². The minimum Gasteiger partial charge on any atom is -0.395 e. The highest BCUT2D eigenvalue weighted by atomic mass is 16.4. The summed E-state index contributed by atoms with van der Waals surface area (Å²) in [6.45, 7) is 0.0883. The van der Waals surface area contributed by atoms with Gasteiger partial charge in [-0.2, -0.15) is 0 Å². The van der Waals surface area contributed by atoms with Crippen LogP contribution in [0.4, 0.5) is 0 Å². The van der Waals surface area contributed by atoms with E-state index in [0.29, 0.717) is 6.54 Å². The van der Waals surface area contributed by atoms with Gasteiger partial charge < -0.3 is 25.5 Å². The summed E-state index contributed by atoms with van der Waals surface area (Å²) in [5.41, 5.74) is 1.35. The molecule has 2 rings (SSSR count). The topological polar surface area (TPSA) is 104 Å². The molecule has 1 unspecified atom stereocenters. The third kappa shape index (κ3) is 5.48. The Morgan fingerprint density at radius 2 is 1.40 bits per heavy atom. The fraction of sp³-hybridized carbons (Fsp3) is 0.684. The third-order valence-corrected chi connectivity index (χ3v) is 5.08. The maximum atomic E-state index is 10.1. The van der Waals surface area contributed by atoms with E-state index in [9.17, 15) is 25.5 Å². The highest BCUT2D eigenvalue weighted by molar-refractivity contribution is 5.14. The molecule has 1 saturated heterocycles. The van der Waals surface area contributed by atoms with Gasteiger partial charge in [0.25, 0.3) is 0 Å². The summed E-state index contributed by atoms with van der Waals surface area (Å²) in [6.07, 6.45) is 0.791. The lowest BCUT2D eigenvalue weighted by Crippen LogP contribution is -2.67. The van der Waals surface area contributed by atoms with Crippen LogP contribution in [0.5, 0.6) is 0 Å². The lowest BCUT2D eigenvalue weighted by molar-refractivity contribution is -0.222. The van der Waals surface area contributed by atoms with Crippen LogP contribution in [0.25, 0.3) is 0 Å². The van der Waals surface area contributed by atoms with Crippen molar-refractivity contribution in [2.24, 2.45) is 0 Å². The van der Waals surface area contributed by atoms with Gasteiger partial charge in [-0.15, -0.1) is 0 Å². The van der Waals surface area contributed by atoms with E-state index in [-0.39, 0.29) is 6.61 Å². The monoisotopic (exact) mass is 353 g/mol. The predicted molar refractivity (Wildman–Crippen MR) is 94.8 cm³/mol. The minimum absolute atomic E-state index is 0.376. The SMILES string of the molecule is OC[C@@H]1[C@@H](O)[C@H](O)[C@@H](O)C(O)N1CCCCCCCc1ccccc1. The number of likely N-dealkylation sites (tertiary alicyclic amines) is 1. The Kier molecular flexibility index (Phi) is 8.29. The second-order valence-corrected chi connectivity index (χ2v) is 6.88. The van der Waals surface area contributed by atoms with Crippen LogP contribution in [0.2, 0.25) is 0 Å². The highest BCUT2D eigenvalue weighted by Gasteiger charge is 2.46. The molecule has 1 aromatic rings. The lowest BCUT2D eigenvalue weighted by Gasteiger charge is -2.46. The lowest BCUT2D eigenvalue weighted by atomic mass is 9.92. The number of nitrogens with zero attached hydrogens (tertiary/aromatic N) is 1. The Morgan fingerprint density at radius 3 is 2.08 bits per heavy atom. The van der Waals surface area contributed by atoms with Crippen molar-refractivity contribution in [2.45, 2.75) is 69.1 Å². The highest BCUT2D eigenvalue weighted by Crippen LogP contribution is 2.24. The number of rotatable bonds is 9. The van der Waals surface area contributed by atoms with Crippen molar-refractivity contribution in [3.05, 3.63) is 35.9 Å². The zero-order valence-electron chi connectivity index (χ0n) is 14.6. The molecule has 6 heteroatoms. The van der Waals surface area contributed by atoms with E-state index >= 15 is 0 Å². The van der Waals surface area contributed by atoms with Crippen LogP contribution in [-0.4, -0.2) is 74.2 Å². The van der Waals surface area contributed by atoms with E-state index in [4.69, 9.17) is 0 Å². The second kappa shape index (κ2) is 10.2. The molecule has 1 aliphatic heterocycles. The Hall–Kier alpha value is -1.02. The average molecular weight is 353 g/mol. The molecule has 6 nitrogen and oxygen atoms in total. The van der Waals surface area contributed by atoms with Crippen molar-refractivity contribution in [1.29, 1.82) is 0 Å². The first-order valence-electron chi connectivity index (χ1n) is 9.19. The number of aryl methyl sites for hydroxylation is 1. The minimum atomic E-state index is -1.44. The Labute approximate surface area is 149 Å². The first-order chi connectivity index (χ1) is 12.1. The number of hydrogen-bond acceptors (Lipinski definition) is 6. The molecular weight excluding hydrogens is 322 g/mol. The quantitative estimate of drug-likeness (QED) is 0.408. The van der Waals surface area contributed by atoms with Gasteiger partial charge in [0.1, 0.15) is 24.5 Å². The number of unbranched alkanes of at least 4 members (excludes halogenated alkanes) is 4. The van der Waals surface area contributed by atoms with Crippen LogP contribution in [0.15, 0.2) is 30.3 Å². The van der Waals surface area contributed by atoms with Gasteiger partial charge in [0.2, 0.25) is 0 Å². The van der Waals surface area contributed by atoms with Crippen LogP contribution in [0, 0.1) is 0 Å². The normalized spacial score (nSPS) is 30.5. The molecular formula is C19H31NO5. The summed E-state index contributed by atoms with van der Waals surface area (Å²) in [7, 11) is 0. The maximum absolute atomic E-state index is 10.1. The van der Waals surface area contributed by atoms with Gasteiger partial charge >= 0.3 is 0 Å². The Morgan fingerprint density at radius 1 is 0.760 bits per heavy atom. The van der Waals surface area contributed by atoms with E-state index in [0.717, 1.165) is 38.5 Å². The molecule has 0 aliphatic carbocycles. The summed E-state index contributed by atoms with van der Waals surface area (Å²) in [5.74, 6) is 0. The fourth-order valence-corrected chi connectivity index (χ4v) is 3.50. The Bertz CT molecular complexity index is 486. The molecule has 5 N–H and O–H groups in total. The smallest absolute Gasteiger partial charge is 0.136 e.